The number of carbonyl (C=O) groups is 1. The fourth-order valence-electron chi connectivity index (χ4n) is 8.24. The van der Waals surface area contributed by atoms with E-state index in [1.54, 1.807) is 24.3 Å². The third-order valence-electron chi connectivity index (χ3n) is 11.7. The molecule has 1 fully saturated rings. The molecule has 1 saturated heterocycles. The van der Waals surface area contributed by atoms with Crippen LogP contribution in [0.25, 0.3) is 11.1 Å². The molecule has 65 heavy (non-hydrogen) atoms. The number of rotatable bonds is 18. The van der Waals surface area contributed by atoms with Gasteiger partial charge in [0.1, 0.15) is 6.04 Å². The Kier molecular flexibility index (Phi) is 15.1. The Morgan fingerprint density at radius 1 is 0.646 bits per heavy atom. The summed E-state index contributed by atoms with van der Waals surface area (Å²) in [6, 6.07) is 60.0. The van der Waals surface area contributed by atoms with E-state index in [0.717, 1.165) is 57.6 Å². The molecule has 1 amide bonds. The first kappa shape index (κ1) is 45.3. The van der Waals surface area contributed by atoms with Gasteiger partial charge in [-0.3, -0.25) is 9.69 Å². The second-order valence-corrected chi connectivity index (χ2v) is 18.4. The highest BCUT2D eigenvalue weighted by atomic mass is 32.2. The maximum absolute atomic E-state index is 13.8. The fourth-order valence-corrected chi connectivity index (χ4v) is 9.43. The molecule has 332 valence electrons. The van der Waals surface area contributed by atoms with Crippen LogP contribution < -0.4 is 10.0 Å². The summed E-state index contributed by atoms with van der Waals surface area (Å²) in [4.78, 5) is 16.4. The van der Waals surface area contributed by atoms with Crippen molar-refractivity contribution >= 4 is 15.9 Å². The van der Waals surface area contributed by atoms with Crippen LogP contribution in [0.4, 0.5) is 0 Å². The zero-order valence-corrected chi connectivity index (χ0v) is 37.3. The largest absolute Gasteiger partial charge is 0.392 e. The maximum Gasteiger partial charge on any atom is 0.241 e. The van der Waals surface area contributed by atoms with Gasteiger partial charge in [-0.15, -0.1) is 0 Å². The van der Waals surface area contributed by atoms with Crippen molar-refractivity contribution in [3.05, 3.63) is 233 Å². The molecule has 7 aromatic carbocycles. The van der Waals surface area contributed by atoms with Gasteiger partial charge in [-0.25, -0.2) is 8.42 Å². The summed E-state index contributed by atoms with van der Waals surface area (Å²) >= 11 is 0. The Bertz CT molecular complexity index is 2680. The van der Waals surface area contributed by atoms with Crippen molar-refractivity contribution in [3.63, 3.8) is 0 Å². The smallest absolute Gasteiger partial charge is 0.241 e. The monoisotopic (exact) mass is 885 g/mol. The molecule has 0 bridgehead atoms. The maximum atomic E-state index is 13.8. The van der Waals surface area contributed by atoms with Crippen LogP contribution in [0.2, 0.25) is 0 Å². The second-order valence-electron chi connectivity index (χ2n) is 16.7. The number of nitrogens with zero attached hydrogens (tertiary/aromatic N) is 1. The topological polar surface area (TPSA) is 117 Å². The van der Waals surface area contributed by atoms with E-state index in [2.05, 4.69) is 69.5 Å². The Morgan fingerprint density at radius 3 is 1.86 bits per heavy atom. The zero-order valence-electron chi connectivity index (χ0n) is 36.5. The number of nitrogens with one attached hydrogen (secondary N) is 2. The lowest BCUT2D eigenvalue weighted by Crippen LogP contribution is -2.47. The number of aliphatic hydroxyl groups is 1. The van der Waals surface area contributed by atoms with Crippen LogP contribution in [0.5, 0.6) is 0 Å². The lowest BCUT2D eigenvalue weighted by molar-refractivity contribution is -0.253. The van der Waals surface area contributed by atoms with E-state index in [1.807, 2.05) is 116 Å². The van der Waals surface area contributed by atoms with Crippen molar-refractivity contribution in [1.82, 2.24) is 14.9 Å². The van der Waals surface area contributed by atoms with E-state index in [4.69, 9.17) is 9.47 Å². The average molecular weight is 886 g/mol. The van der Waals surface area contributed by atoms with Gasteiger partial charge in [0, 0.05) is 38.2 Å². The molecule has 0 unspecified atom stereocenters. The summed E-state index contributed by atoms with van der Waals surface area (Å²) in [5.74, 6) is -0.426. The van der Waals surface area contributed by atoms with E-state index in [9.17, 15) is 18.3 Å². The molecule has 1 aliphatic heterocycles. The van der Waals surface area contributed by atoms with Crippen LogP contribution in [0.15, 0.2) is 193 Å². The normalized spacial score (nSPS) is 16.8. The van der Waals surface area contributed by atoms with E-state index in [1.165, 1.54) is 11.1 Å². The fraction of sp³-hybridized carbons (Fsp3) is 0.218. The van der Waals surface area contributed by atoms with Crippen molar-refractivity contribution in [2.75, 3.05) is 6.54 Å². The molecule has 0 radical (unpaired) electrons. The second kappa shape index (κ2) is 21.6. The summed E-state index contributed by atoms with van der Waals surface area (Å²) < 4.78 is 43.3. The van der Waals surface area contributed by atoms with Crippen molar-refractivity contribution in [2.45, 2.75) is 75.4 Å². The zero-order chi connectivity index (χ0) is 45.0. The molecule has 0 aromatic heterocycles. The molecule has 0 spiro atoms. The lowest BCUT2D eigenvalue weighted by atomic mass is 9.98. The average Bonchev–Trinajstić information content (AvgIpc) is 3.34. The number of sulfonamides is 1. The number of aryl methyl sites for hydroxylation is 1. The summed E-state index contributed by atoms with van der Waals surface area (Å²) in [6.45, 7) is 4.27. The molecule has 1 aliphatic rings. The molecule has 10 heteroatoms. The minimum atomic E-state index is -3.98. The van der Waals surface area contributed by atoms with Crippen LogP contribution in [0, 0.1) is 6.92 Å². The highest BCUT2D eigenvalue weighted by Crippen LogP contribution is 2.39. The predicted octanol–water partition coefficient (Wildman–Crippen LogP) is 9.61. The van der Waals surface area contributed by atoms with Gasteiger partial charge in [0.25, 0.3) is 0 Å². The standard InChI is InChI=1S/C55H55N3O6S/c1-40-23-29-51(30-24-40)65(61,62)57-52(32-41-13-5-2-6-14-41)54(60)56-35-45-19-11-20-47(31-45)48-21-12-22-49(33-48)55-63-50(34-53(64-55)46-27-25-44(39-59)26-28-46)38-58(36-42-15-7-3-8-16-42)37-43-17-9-4-10-18-43/h2-31,33,50,52-53,55,57,59H,32,34-39H2,1H3,(H,56,60)/t50-,52+,53+,55+/m0/s1. The number of benzene rings is 7. The van der Waals surface area contributed by atoms with Crippen LogP contribution in [0.3, 0.4) is 0 Å². The Hall–Kier alpha value is -6.24. The van der Waals surface area contributed by atoms with Crippen LogP contribution in [-0.4, -0.2) is 43.0 Å². The van der Waals surface area contributed by atoms with Crippen LogP contribution >= 0.6 is 0 Å². The Balaban J connectivity index is 1.00. The predicted molar refractivity (Wildman–Crippen MR) is 255 cm³/mol. The third kappa shape index (κ3) is 12.5. The molecule has 7 aromatic rings. The van der Waals surface area contributed by atoms with Gasteiger partial charge in [0.2, 0.25) is 15.9 Å². The Morgan fingerprint density at radius 2 is 1.23 bits per heavy atom. The van der Waals surface area contributed by atoms with Gasteiger partial charge in [-0.2, -0.15) is 4.72 Å². The lowest BCUT2D eigenvalue weighted by Gasteiger charge is -2.38. The Labute approximate surface area is 382 Å². The molecular formula is C55H55N3O6S. The summed E-state index contributed by atoms with van der Waals surface area (Å²) in [7, 11) is -3.98. The summed E-state index contributed by atoms with van der Waals surface area (Å²) in [5.41, 5.74) is 9.73. The number of aliphatic hydroxyl groups excluding tert-OH is 1. The van der Waals surface area contributed by atoms with Gasteiger partial charge < -0.3 is 19.9 Å². The van der Waals surface area contributed by atoms with E-state index >= 15 is 0 Å². The van der Waals surface area contributed by atoms with E-state index in [0.29, 0.717) is 13.0 Å². The third-order valence-corrected chi connectivity index (χ3v) is 13.2. The first-order valence-electron chi connectivity index (χ1n) is 22.1. The number of ether oxygens (including phenoxy) is 2. The summed E-state index contributed by atoms with van der Waals surface area (Å²) in [6.07, 6.45) is -0.221. The highest BCUT2D eigenvalue weighted by Gasteiger charge is 2.34. The van der Waals surface area contributed by atoms with Gasteiger partial charge in [-0.05, 0) is 82.1 Å². The van der Waals surface area contributed by atoms with Crippen molar-refractivity contribution in [1.29, 1.82) is 0 Å². The van der Waals surface area contributed by atoms with Crippen LogP contribution in [-0.2, 0) is 57.0 Å². The molecule has 8 rings (SSSR count). The molecule has 0 saturated carbocycles. The molecule has 9 nitrogen and oxygen atoms in total. The molecule has 0 aliphatic carbocycles. The first-order chi connectivity index (χ1) is 31.7. The quantitative estimate of drug-likeness (QED) is 0.0786. The molecular weight excluding hydrogens is 831 g/mol. The first-order valence-corrected chi connectivity index (χ1v) is 23.6. The molecule has 1 heterocycles. The number of amides is 1. The molecule has 4 atom stereocenters. The molecule has 3 N–H and O–H groups in total. The van der Waals surface area contributed by atoms with Gasteiger partial charge >= 0.3 is 0 Å². The van der Waals surface area contributed by atoms with E-state index < -0.39 is 28.3 Å². The van der Waals surface area contributed by atoms with Gasteiger partial charge in [0.05, 0.1) is 23.7 Å². The number of carbonyl (C=O) groups excluding carboxylic acids is 1. The van der Waals surface area contributed by atoms with Crippen molar-refractivity contribution in [2.24, 2.45) is 0 Å². The number of hydrogen-bond donors (Lipinski definition) is 3. The van der Waals surface area contributed by atoms with Gasteiger partial charge in [0.15, 0.2) is 6.29 Å². The highest BCUT2D eigenvalue weighted by molar-refractivity contribution is 7.89. The summed E-state index contributed by atoms with van der Waals surface area (Å²) in [5, 5.41) is 12.8. The van der Waals surface area contributed by atoms with Crippen LogP contribution in [0.1, 0.15) is 63.3 Å². The SMILES string of the molecule is Cc1ccc(S(=O)(=O)N[C@H](Cc2ccccc2)C(=O)NCc2cccc(-c3cccc([C@@H]4O[C@H](CN(Cc5ccccc5)Cc5ccccc5)C[C@H](c5ccc(CO)cc5)O4)c3)c2)cc1. The van der Waals surface area contributed by atoms with Gasteiger partial charge in [-0.1, -0.05) is 169 Å². The van der Waals surface area contributed by atoms with Crippen molar-refractivity contribution < 1.29 is 27.8 Å². The van der Waals surface area contributed by atoms with Crippen molar-refractivity contribution in [3.8, 4) is 11.1 Å². The van der Waals surface area contributed by atoms with E-state index in [-0.39, 0.29) is 36.7 Å². The number of hydrogen-bond acceptors (Lipinski definition) is 7. The minimum absolute atomic E-state index is 0.0285. The minimum Gasteiger partial charge on any atom is -0.392 e.